The van der Waals surface area contributed by atoms with Gasteiger partial charge in [-0.05, 0) is 63.6 Å². The number of hydrogen-bond donors (Lipinski definition) is 0. The van der Waals surface area contributed by atoms with Gasteiger partial charge < -0.3 is 9.64 Å². The van der Waals surface area contributed by atoms with E-state index in [-0.39, 0.29) is 24.0 Å². The number of amides is 2. The normalized spacial score (nSPS) is 21.5. The van der Waals surface area contributed by atoms with Crippen LogP contribution in [0.4, 0.5) is 0 Å². The van der Waals surface area contributed by atoms with E-state index in [1.165, 1.54) is 12.8 Å². The van der Waals surface area contributed by atoms with Crippen molar-refractivity contribution in [1.82, 2.24) is 9.80 Å². The largest absolute Gasteiger partial charge is 0.491 e. The summed E-state index contributed by atoms with van der Waals surface area (Å²) in [6.45, 7) is 5.69. The molecule has 156 valence electrons. The number of piperidine rings is 1. The summed E-state index contributed by atoms with van der Waals surface area (Å²) in [5.41, 5.74) is 2.02. The Morgan fingerprint density at radius 3 is 2.10 bits per heavy atom. The van der Waals surface area contributed by atoms with Gasteiger partial charge in [-0.2, -0.15) is 0 Å². The second-order valence-corrected chi connectivity index (χ2v) is 8.73. The fraction of sp³-hybridized carbons (Fsp3) is 0.583. The molecular formula is C24H32N2O3. The van der Waals surface area contributed by atoms with Gasteiger partial charge in [-0.3, -0.25) is 14.5 Å². The van der Waals surface area contributed by atoms with Crippen molar-refractivity contribution in [3.8, 4) is 5.75 Å². The highest BCUT2D eigenvalue weighted by atomic mass is 16.5. The Balaban J connectivity index is 1.70. The quantitative estimate of drug-likeness (QED) is 0.694. The molecule has 4 rings (SSSR count). The first-order valence-electron chi connectivity index (χ1n) is 11.2. The van der Waals surface area contributed by atoms with E-state index in [4.69, 9.17) is 4.74 Å². The number of ether oxygens (including phenoxy) is 1. The van der Waals surface area contributed by atoms with E-state index in [0.717, 1.165) is 62.9 Å². The summed E-state index contributed by atoms with van der Waals surface area (Å²) < 4.78 is 5.75. The molecule has 0 N–H and O–H groups in total. The molecule has 2 amide bonds. The Bertz CT molecular complexity index is 785. The number of rotatable bonds is 5. The van der Waals surface area contributed by atoms with Crippen LogP contribution in [0, 0.1) is 0 Å². The highest BCUT2D eigenvalue weighted by molar-refractivity contribution is 6.35. The van der Waals surface area contributed by atoms with Crippen LogP contribution in [-0.4, -0.2) is 46.8 Å². The van der Waals surface area contributed by atoms with Crippen LogP contribution in [0.3, 0.4) is 0 Å². The second kappa shape index (κ2) is 8.60. The van der Waals surface area contributed by atoms with E-state index in [1.54, 1.807) is 4.90 Å². The lowest BCUT2D eigenvalue weighted by molar-refractivity contribution is -0.141. The zero-order chi connectivity index (χ0) is 20.4. The highest BCUT2D eigenvalue weighted by Crippen LogP contribution is 2.37. The Hall–Kier alpha value is -2.30. The number of hydrogen-bond acceptors (Lipinski definition) is 4. The van der Waals surface area contributed by atoms with Gasteiger partial charge in [0.05, 0.1) is 11.7 Å². The van der Waals surface area contributed by atoms with Gasteiger partial charge in [-0.1, -0.05) is 31.4 Å². The van der Waals surface area contributed by atoms with Crippen LogP contribution in [0.25, 0.3) is 5.57 Å². The van der Waals surface area contributed by atoms with E-state index in [9.17, 15) is 9.59 Å². The molecule has 2 aliphatic heterocycles. The van der Waals surface area contributed by atoms with E-state index >= 15 is 0 Å². The molecule has 0 aromatic heterocycles. The minimum absolute atomic E-state index is 0.0459. The maximum atomic E-state index is 13.5. The van der Waals surface area contributed by atoms with Crippen molar-refractivity contribution in [2.75, 3.05) is 13.1 Å². The van der Waals surface area contributed by atoms with Gasteiger partial charge >= 0.3 is 0 Å². The molecule has 5 nitrogen and oxygen atoms in total. The molecule has 29 heavy (non-hydrogen) atoms. The summed E-state index contributed by atoms with van der Waals surface area (Å²) in [6.07, 6.45) is 8.68. The van der Waals surface area contributed by atoms with Crippen molar-refractivity contribution in [1.29, 1.82) is 0 Å². The van der Waals surface area contributed by atoms with E-state index in [1.807, 2.05) is 38.1 Å². The number of likely N-dealkylation sites (tertiary alicyclic amines) is 1. The molecule has 1 aliphatic carbocycles. The second-order valence-electron chi connectivity index (χ2n) is 8.73. The van der Waals surface area contributed by atoms with Gasteiger partial charge in [0.25, 0.3) is 11.8 Å². The first kappa shape index (κ1) is 20.0. The fourth-order valence-corrected chi connectivity index (χ4v) is 4.85. The van der Waals surface area contributed by atoms with Crippen LogP contribution in [0.1, 0.15) is 70.8 Å². The number of imide groups is 1. The summed E-state index contributed by atoms with van der Waals surface area (Å²) in [4.78, 5) is 30.7. The lowest BCUT2D eigenvalue weighted by Crippen LogP contribution is -2.44. The molecule has 2 fully saturated rings. The van der Waals surface area contributed by atoms with Crippen LogP contribution in [-0.2, 0) is 9.59 Å². The molecule has 1 saturated heterocycles. The molecule has 0 radical (unpaired) electrons. The maximum absolute atomic E-state index is 13.5. The van der Waals surface area contributed by atoms with Gasteiger partial charge in [0, 0.05) is 19.1 Å². The molecule has 0 bridgehead atoms. The van der Waals surface area contributed by atoms with Crippen LogP contribution in [0.15, 0.2) is 30.0 Å². The molecular weight excluding hydrogens is 364 g/mol. The van der Waals surface area contributed by atoms with Gasteiger partial charge in [-0.25, -0.2) is 0 Å². The predicted octanol–water partition coefficient (Wildman–Crippen LogP) is 4.37. The van der Waals surface area contributed by atoms with Gasteiger partial charge in [0.15, 0.2) is 0 Å². The molecule has 2 heterocycles. The fourth-order valence-electron chi connectivity index (χ4n) is 4.85. The van der Waals surface area contributed by atoms with Crippen molar-refractivity contribution in [2.24, 2.45) is 0 Å². The monoisotopic (exact) mass is 396 g/mol. The number of carbonyl (C=O) groups is 2. The third kappa shape index (κ3) is 4.05. The lowest BCUT2D eigenvalue weighted by Gasteiger charge is -2.32. The van der Waals surface area contributed by atoms with Crippen LogP contribution < -0.4 is 4.74 Å². The molecule has 3 aliphatic rings. The summed E-state index contributed by atoms with van der Waals surface area (Å²) >= 11 is 0. The zero-order valence-electron chi connectivity index (χ0n) is 17.7. The molecule has 0 unspecified atom stereocenters. The number of nitrogens with zero attached hydrogens (tertiary/aromatic N) is 2. The van der Waals surface area contributed by atoms with Gasteiger partial charge in [0.1, 0.15) is 11.4 Å². The lowest BCUT2D eigenvalue weighted by atomic mass is 9.94. The molecule has 1 saturated carbocycles. The first-order valence-corrected chi connectivity index (χ1v) is 11.2. The minimum atomic E-state index is -0.111. The number of benzene rings is 1. The van der Waals surface area contributed by atoms with Crippen molar-refractivity contribution in [3.05, 3.63) is 35.5 Å². The average Bonchev–Trinajstić information content (AvgIpc) is 2.99. The third-order valence-corrected chi connectivity index (χ3v) is 6.22. The van der Waals surface area contributed by atoms with Crippen LogP contribution in [0.5, 0.6) is 5.75 Å². The van der Waals surface area contributed by atoms with Gasteiger partial charge in [-0.15, -0.1) is 0 Å². The van der Waals surface area contributed by atoms with Crippen molar-refractivity contribution >= 4 is 17.4 Å². The van der Waals surface area contributed by atoms with Crippen molar-refractivity contribution < 1.29 is 14.3 Å². The average molecular weight is 397 g/mol. The Kier molecular flexibility index (Phi) is 5.93. The van der Waals surface area contributed by atoms with E-state index in [0.29, 0.717) is 11.3 Å². The summed E-state index contributed by atoms with van der Waals surface area (Å²) in [5, 5.41) is 0. The summed E-state index contributed by atoms with van der Waals surface area (Å²) in [5.74, 6) is 0.589. The van der Waals surface area contributed by atoms with Gasteiger partial charge in [0.2, 0.25) is 0 Å². The predicted molar refractivity (Wildman–Crippen MR) is 113 cm³/mol. The number of carbonyl (C=O) groups excluding carboxylic acids is 2. The van der Waals surface area contributed by atoms with Crippen molar-refractivity contribution in [3.63, 3.8) is 0 Å². The first-order chi connectivity index (χ1) is 14.1. The summed E-state index contributed by atoms with van der Waals surface area (Å²) in [7, 11) is 0. The zero-order valence-corrected chi connectivity index (χ0v) is 17.7. The molecule has 5 heteroatoms. The standard InChI is InChI=1S/C24H32N2O3/c1-17(2)29-20-13-11-18(12-14-20)21-22(25-15-7-4-8-16-25)24(28)26(23(21)27)19-9-5-3-6-10-19/h11-14,17,19H,3-10,15-16H2,1-2H3. The Morgan fingerprint density at radius 2 is 1.48 bits per heavy atom. The molecule has 0 atom stereocenters. The van der Waals surface area contributed by atoms with E-state index in [2.05, 4.69) is 4.90 Å². The van der Waals surface area contributed by atoms with Crippen molar-refractivity contribution in [2.45, 2.75) is 77.4 Å². The SMILES string of the molecule is CC(C)Oc1ccc(C2=C(N3CCCCC3)C(=O)N(C3CCCCC3)C2=O)cc1. The maximum Gasteiger partial charge on any atom is 0.278 e. The van der Waals surface area contributed by atoms with Crippen LogP contribution >= 0.6 is 0 Å². The Labute approximate surface area is 173 Å². The van der Waals surface area contributed by atoms with E-state index < -0.39 is 0 Å². The molecule has 1 aromatic carbocycles. The highest BCUT2D eigenvalue weighted by Gasteiger charge is 2.44. The summed E-state index contributed by atoms with van der Waals surface area (Å²) in [6, 6.07) is 7.69. The topological polar surface area (TPSA) is 49.9 Å². The van der Waals surface area contributed by atoms with Crippen LogP contribution in [0.2, 0.25) is 0 Å². The molecule has 1 aromatic rings. The smallest absolute Gasteiger partial charge is 0.278 e. The Morgan fingerprint density at radius 1 is 0.862 bits per heavy atom. The molecule has 0 spiro atoms. The third-order valence-electron chi connectivity index (χ3n) is 6.22. The minimum Gasteiger partial charge on any atom is -0.491 e.